The third kappa shape index (κ3) is 4.46. The van der Waals surface area contributed by atoms with Gasteiger partial charge in [-0.15, -0.1) is 0 Å². The Labute approximate surface area is 161 Å². The van der Waals surface area contributed by atoms with E-state index in [1.165, 1.54) is 0 Å². The lowest BCUT2D eigenvalue weighted by molar-refractivity contribution is -0.143. The van der Waals surface area contributed by atoms with Crippen molar-refractivity contribution in [2.24, 2.45) is 5.11 Å². The summed E-state index contributed by atoms with van der Waals surface area (Å²) in [5.74, 6) is -0.986. The standard InChI is InChI=1S/C20H13F6N3/c21-19(22,23)14-8-13(9-15(10-14)20(24,25)26)18(11-28-29-27)17-7-3-5-12-4-1-2-6-16(12)17/h1-10,18H,11H2. The molecule has 3 aromatic rings. The lowest BCUT2D eigenvalue weighted by Crippen LogP contribution is -2.14. The van der Waals surface area contributed by atoms with Gasteiger partial charge >= 0.3 is 12.4 Å². The Kier molecular flexibility index (Phi) is 5.44. The summed E-state index contributed by atoms with van der Waals surface area (Å²) in [4.78, 5) is 2.63. The van der Waals surface area contributed by atoms with Gasteiger partial charge in [-0.25, -0.2) is 0 Å². The monoisotopic (exact) mass is 409 g/mol. The lowest BCUT2D eigenvalue weighted by Gasteiger charge is -2.21. The van der Waals surface area contributed by atoms with Crippen LogP contribution in [-0.2, 0) is 12.4 Å². The third-order valence-electron chi connectivity index (χ3n) is 4.54. The minimum Gasteiger partial charge on any atom is -0.166 e. The maximum absolute atomic E-state index is 13.3. The number of fused-ring (bicyclic) bond motifs is 1. The Morgan fingerprint density at radius 2 is 1.41 bits per heavy atom. The summed E-state index contributed by atoms with van der Waals surface area (Å²) in [5.41, 5.74) is 6.12. The molecule has 29 heavy (non-hydrogen) atoms. The Hall–Kier alpha value is -3.19. The summed E-state index contributed by atoms with van der Waals surface area (Å²) in [6, 6.07) is 13.4. The second kappa shape index (κ2) is 7.67. The van der Waals surface area contributed by atoms with E-state index in [1.807, 2.05) is 0 Å². The quantitative estimate of drug-likeness (QED) is 0.188. The van der Waals surface area contributed by atoms with E-state index in [4.69, 9.17) is 5.53 Å². The molecule has 0 saturated carbocycles. The first-order valence-corrected chi connectivity index (χ1v) is 8.39. The largest absolute Gasteiger partial charge is 0.416 e. The zero-order valence-electron chi connectivity index (χ0n) is 14.7. The molecule has 0 N–H and O–H groups in total. The summed E-state index contributed by atoms with van der Waals surface area (Å²) in [6.07, 6.45) is -9.92. The van der Waals surface area contributed by atoms with E-state index < -0.39 is 29.4 Å². The van der Waals surface area contributed by atoms with Gasteiger partial charge in [0.25, 0.3) is 0 Å². The van der Waals surface area contributed by atoms with E-state index in [9.17, 15) is 26.3 Å². The van der Waals surface area contributed by atoms with Crippen LogP contribution in [0.3, 0.4) is 0 Å². The maximum Gasteiger partial charge on any atom is 0.416 e. The molecule has 0 fully saturated rings. The summed E-state index contributed by atoms with van der Waals surface area (Å²) in [6.45, 7) is -0.330. The fourth-order valence-electron chi connectivity index (χ4n) is 3.24. The van der Waals surface area contributed by atoms with E-state index in [-0.39, 0.29) is 18.2 Å². The van der Waals surface area contributed by atoms with Crippen LogP contribution in [0.25, 0.3) is 21.2 Å². The highest BCUT2D eigenvalue weighted by atomic mass is 19.4. The van der Waals surface area contributed by atoms with E-state index in [0.29, 0.717) is 23.1 Å². The van der Waals surface area contributed by atoms with Crippen LogP contribution in [0.4, 0.5) is 26.3 Å². The summed E-state index contributed by atoms with van der Waals surface area (Å²) in [5, 5.41) is 4.85. The predicted molar refractivity (Wildman–Crippen MR) is 96.3 cm³/mol. The molecule has 0 radical (unpaired) electrons. The SMILES string of the molecule is [N-]=[N+]=NCC(c1cc(C(F)(F)F)cc(C(F)(F)F)c1)c1cccc2ccccc12. The lowest BCUT2D eigenvalue weighted by atomic mass is 9.86. The highest BCUT2D eigenvalue weighted by Crippen LogP contribution is 2.40. The van der Waals surface area contributed by atoms with Crippen molar-refractivity contribution in [3.8, 4) is 0 Å². The number of hydrogen-bond donors (Lipinski definition) is 0. The van der Waals surface area contributed by atoms with E-state index in [2.05, 4.69) is 10.0 Å². The number of rotatable bonds is 4. The molecular weight excluding hydrogens is 396 g/mol. The summed E-state index contributed by atoms with van der Waals surface area (Å²) in [7, 11) is 0. The third-order valence-corrected chi connectivity index (χ3v) is 4.54. The average molecular weight is 409 g/mol. The van der Waals surface area contributed by atoms with Crippen molar-refractivity contribution in [2.75, 3.05) is 6.54 Å². The van der Waals surface area contributed by atoms with Crippen molar-refractivity contribution >= 4 is 10.8 Å². The van der Waals surface area contributed by atoms with Gasteiger partial charge < -0.3 is 0 Å². The number of benzene rings is 3. The number of azide groups is 1. The Morgan fingerprint density at radius 1 is 0.828 bits per heavy atom. The van der Waals surface area contributed by atoms with Gasteiger partial charge in [-0.3, -0.25) is 0 Å². The van der Waals surface area contributed by atoms with Gasteiger partial charge in [0.15, 0.2) is 0 Å². The van der Waals surface area contributed by atoms with Gasteiger partial charge in [0.1, 0.15) is 0 Å². The highest BCUT2D eigenvalue weighted by Gasteiger charge is 2.37. The molecule has 0 bridgehead atoms. The molecular formula is C20H13F6N3. The number of alkyl halides is 6. The van der Waals surface area contributed by atoms with Crippen LogP contribution in [0.5, 0.6) is 0 Å². The van der Waals surface area contributed by atoms with Crippen LogP contribution >= 0.6 is 0 Å². The molecule has 3 nitrogen and oxygen atoms in total. The van der Waals surface area contributed by atoms with Gasteiger partial charge in [0.2, 0.25) is 0 Å². The van der Waals surface area contributed by atoms with Crippen LogP contribution in [-0.4, -0.2) is 6.54 Å². The first kappa shape index (κ1) is 20.5. The molecule has 0 aliphatic carbocycles. The molecule has 3 aromatic carbocycles. The van der Waals surface area contributed by atoms with Gasteiger partial charge in [0, 0.05) is 17.4 Å². The van der Waals surface area contributed by atoms with E-state index >= 15 is 0 Å². The van der Waals surface area contributed by atoms with Crippen molar-refractivity contribution in [3.05, 3.63) is 93.4 Å². The second-order valence-corrected chi connectivity index (χ2v) is 6.37. The molecule has 0 saturated heterocycles. The van der Waals surface area contributed by atoms with Gasteiger partial charge in [-0.05, 0) is 45.6 Å². The number of nitrogens with zero attached hydrogens (tertiary/aromatic N) is 3. The molecule has 1 atom stereocenters. The molecule has 0 aliphatic heterocycles. The van der Waals surface area contributed by atoms with Crippen molar-refractivity contribution in [1.82, 2.24) is 0 Å². The van der Waals surface area contributed by atoms with Crippen LogP contribution in [0, 0.1) is 0 Å². The Bertz CT molecular complexity index is 1040. The highest BCUT2D eigenvalue weighted by molar-refractivity contribution is 5.86. The molecule has 0 aromatic heterocycles. The molecule has 0 spiro atoms. The zero-order chi connectivity index (χ0) is 21.2. The molecule has 3 rings (SSSR count). The molecule has 9 heteroatoms. The molecule has 0 amide bonds. The predicted octanol–water partition coefficient (Wildman–Crippen LogP) is 7.32. The number of halogens is 6. The van der Waals surface area contributed by atoms with Crippen molar-refractivity contribution in [2.45, 2.75) is 18.3 Å². The molecule has 150 valence electrons. The Balaban J connectivity index is 2.28. The summed E-state index contributed by atoms with van der Waals surface area (Å²) >= 11 is 0. The number of hydrogen-bond acceptors (Lipinski definition) is 1. The minimum atomic E-state index is -4.96. The molecule has 0 heterocycles. The Morgan fingerprint density at radius 3 is 2.00 bits per heavy atom. The van der Waals surface area contributed by atoms with Crippen LogP contribution in [0.15, 0.2) is 65.8 Å². The van der Waals surface area contributed by atoms with Crippen molar-refractivity contribution in [1.29, 1.82) is 0 Å². The smallest absolute Gasteiger partial charge is 0.166 e. The first-order valence-electron chi connectivity index (χ1n) is 8.39. The average Bonchev–Trinajstić information content (AvgIpc) is 2.67. The minimum absolute atomic E-state index is 0.0806. The zero-order valence-corrected chi connectivity index (χ0v) is 14.7. The first-order chi connectivity index (χ1) is 13.6. The second-order valence-electron chi connectivity index (χ2n) is 6.37. The fourth-order valence-corrected chi connectivity index (χ4v) is 3.24. The molecule has 0 aliphatic rings. The topological polar surface area (TPSA) is 48.8 Å². The van der Waals surface area contributed by atoms with Crippen LogP contribution in [0.1, 0.15) is 28.2 Å². The van der Waals surface area contributed by atoms with Gasteiger partial charge in [-0.2, -0.15) is 26.3 Å². The fraction of sp³-hybridized carbons (Fsp3) is 0.200. The van der Waals surface area contributed by atoms with Gasteiger partial charge in [-0.1, -0.05) is 47.6 Å². The maximum atomic E-state index is 13.3. The summed E-state index contributed by atoms with van der Waals surface area (Å²) < 4.78 is 79.5. The van der Waals surface area contributed by atoms with Crippen LogP contribution < -0.4 is 0 Å². The van der Waals surface area contributed by atoms with E-state index in [0.717, 1.165) is 5.39 Å². The van der Waals surface area contributed by atoms with E-state index in [1.54, 1.807) is 42.5 Å². The van der Waals surface area contributed by atoms with Crippen molar-refractivity contribution in [3.63, 3.8) is 0 Å². The van der Waals surface area contributed by atoms with Gasteiger partial charge in [0.05, 0.1) is 11.1 Å². The van der Waals surface area contributed by atoms with Crippen molar-refractivity contribution < 1.29 is 26.3 Å². The van der Waals surface area contributed by atoms with Crippen LogP contribution in [0.2, 0.25) is 0 Å². The normalized spacial score (nSPS) is 13.2. The molecule has 1 unspecified atom stereocenters.